The number of amides is 2. The number of phenolic OH excluding ortho intramolecular Hbond substituents is 2. The predicted octanol–water partition coefficient (Wildman–Crippen LogP) is 13.0. The van der Waals surface area contributed by atoms with E-state index < -0.39 is 64.7 Å². The van der Waals surface area contributed by atoms with E-state index in [4.69, 9.17) is 61.7 Å². The zero-order valence-corrected chi connectivity index (χ0v) is 42.5. The van der Waals surface area contributed by atoms with E-state index in [1.165, 1.54) is 80.8 Å². The standard InChI is InChI=1S/C42H28Cl4N6O17S4/c1-17-9-27(50-52-38-32(73(62,63)64)13-18-10-20(70-68-66-57)14-28(33(18)40(38)54)47-41(55)22-5-3-7-24(43)35(22)45)30(65-2)16-26(17)49-51-37-31(71-69-67-58)12-19-11-21(72(59,60)61)15-29(34(19)39(37)53)48-42(56)23-6-4-8-25(44)36(23)46/h3-16,53-54,57-58H,1-2H3,(H,47,55)(H,48,56)(H,59,60,61)(H,62,63,64). The van der Waals surface area contributed by atoms with Crippen molar-refractivity contribution in [1.82, 2.24) is 0 Å². The Kier molecular flexibility index (Phi) is 17.0. The smallest absolute Gasteiger partial charge is 0.296 e. The van der Waals surface area contributed by atoms with Crippen LogP contribution < -0.4 is 15.4 Å². The summed E-state index contributed by atoms with van der Waals surface area (Å²) in [6.07, 6.45) is 0. The molecule has 0 aliphatic carbocycles. The minimum Gasteiger partial charge on any atom is -0.505 e. The number of aryl methyl sites for hydroxylation is 1. The highest BCUT2D eigenvalue weighted by molar-refractivity contribution is 7.95. The zero-order chi connectivity index (χ0) is 53.1. The molecule has 0 radical (unpaired) electrons. The molecule has 23 nitrogen and oxygen atoms in total. The Morgan fingerprint density at radius 2 is 1.16 bits per heavy atom. The molecule has 0 fully saturated rings. The normalized spacial score (nSPS) is 12.1. The van der Waals surface area contributed by atoms with Gasteiger partial charge < -0.3 is 25.6 Å². The van der Waals surface area contributed by atoms with Gasteiger partial charge in [-0.15, -0.1) is 29.1 Å². The fourth-order valence-electron chi connectivity index (χ4n) is 6.83. The maximum absolute atomic E-state index is 13.5. The number of rotatable bonds is 17. The summed E-state index contributed by atoms with van der Waals surface area (Å²) < 4.78 is 85.3. The molecule has 0 spiro atoms. The van der Waals surface area contributed by atoms with E-state index in [1.54, 1.807) is 0 Å². The lowest BCUT2D eigenvalue weighted by molar-refractivity contribution is -0.432. The van der Waals surface area contributed by atoms with E-state index in [2.05, 4.69) is 49.8 Å². The van der Waals surface area contributed by atoms with Gasteiger partial charge in [0, 0.05) is 21.7 Å². The number of phenols is 2. The first-order chi connectivity index (χ1) is 34.6. The van der Waals surface area contributed by atoms with Crippen LogP contribution in [0.4, 0.5) is 34.1 Å². The lowest BCUT2D eigenvalue weighted by Gasteiger charge is -2.16. The number of nitrogens with one attached hydrogen (secondary N) is 2. The molecule has 380 valence electrons. The van der Waals surface area contributed by atoms with Gasteiger partial charge in [0.25, 0.3) is 32.1 Å². The molecule has 0 saturated carbocycles. The fraction of sp³-hybridized carbons (Fsp3) is 0.0476. The van der Waals surface area contributed by atoms with E-state index in [0.29, 0.717) is 12.0 Å². The monoisotopic (exact) mass is 1160 g/mol. The number of aromatic hydroxyl groups is 2. The summed E-state index contributed by atoms with van der Waals surface area (Å²) >= 11 is 25.4. The first-order valence-electron chi connectivity index (χ1n) is 19.5. The molecule has 0 atom stereocenters. The number of methoxy groups -OCH3 is 1. The van der Waals surface area contributed by atoms with E-state index in [-0.39, 0.29) is 109 Å². The summed E-state index contributed by atoms with van der Waals surface area (Å²) in [7, 11) is -8.94. The number of carbonyl (C=O) groups is 2. The van der Waals surface area contributed by atoms with Crippen LogP contribution in [-0.2, 0) is 39.0 Å². The van der Waals surface area contributed by atoms with Gasteiger partial charge >= 0.3 is 0 Å². The summed E-state index contributed by atoms with van der Waals surface area (Å²) in [5.74, 6) is -3.52. The van der Waals surface area contributed by atoms with Gasteiger partial charge in [-0.3, -0.25) is 18.7 Å². The highest BCUT2D eigenvalue weighted by Crippen LogP contribution is 2.49. The Hall–Kier alpha value is -5.96. The van der Waals surface area contributed by atoms with Crippen molar-refractivity contribution in [3.8, 4) is 17.2 Å². The van der Waals surface area contributed by atoms with Crippen molar-refractivity contribution in [1.29, 1.82) is 0 Å². The number of anilines is 2. The molecule has 0 aliphatic heterocycles. The zero-order valence-electron chi connectivity index (χ0n) is 36.2. The predicted molar refractivity (Wildman–Crippen MR) is 267 cm³/mol. The molecule has 31 heteroatoms. The molecule has 7 rings (SSSR count). The largest absolute Gasteiger partial charge is 0.505 e. The van der Waals surface area contributed by atoms with Crippen LogP contribution in [0.2, 0.25) is 20.1 Å². The van der Waals surface area contributed by atoms with E-state index in [1.807, 2.05) is 0 Å². The second kappa shape index (κ2) is 22.7. The Bertz CT molecular complexity index is 3710. The van der Waals surface area contributed by atoms with Crippen molar-refractivity contribution < 1.29 is 79.7 Å². The lowest BCUT2D eigenvalue weighted by atomic mass is 10.1. The van der Waals surface area contributed by atoms with Crippen LogP contribution in [0.5, 0.6) is 17.2 Å². The SMILES string of the molecule is COc1cc(N=Nc2c(SOOO)cc3cc(S(=O)(=O)O)cc(NC(=O)c4cccc(Cl)c4Cl)c3c2O)c(C)cc1N=Nc1c(S(=O)(=O)O)cc2cc(SOOO)cc(NC(=O)c3cccc(Cl)c3Cl)c2c1O. The number of hydrogen-bond donors (Lipinski definition) is 8. The second-order valence-electron chi connectivity index (χ2n) is 14.5. The molecular weight excluding hydrogens is 1130 g/mol. The van der Waals surface area contributed by atoms with Crippen molar-refractivity contribution in [2.75, 3.05) is 17.7 Å². The Balaban J connectivity index is 1.32. The molecule has 2 amide bonds. The van der Waals surface area contributed by atoms with Crippen LogP contribution in [0.25, 0.3) is 21.5 Å². The van der Waals surface area contributed by atoms with Crippen LogP contribution in [0.3, 0.4) is 0 Å². The minimum atomic E-state index is -5.21. The van der Waals surface area contributed by atoms with Crippen LogP contribution >= 0.6 is 70.5 Å². The summed E-state index contributed by atoms with van der Waals surface area (Å²) in [5, 5.41) is 69.3. The maximum atomic E-state index is 13.5. The van der Waals surface area contributed by atoms with Crippen LogP contribution in [0.1, 0.15) is 26.3 Å². The number of nitrogens with zero attached hydrogens (tertiary/aromatic N) is 4. The average molecular weight is 1160 g/mol. The van der Waals surface area contributed by atoms with E-state index >= 15 is 0 Å². The van der Waals surface area contributed by atoms with Gasteiger partial charge in [0.1, 0.15) is 27.7 Å². The second-order valence-corrected chi connectivity index (χ2v) is 20.4. The van der Waals surface area contributed by atoms with Crippen molar-refractivity contribution >= 4 is 158 Å². The summed E-state index contributed by atoms with van der Waals surface area (Å²) in [6, 6.07) is 17.4. The minimum absolute atomic E-state index is 0.0142. The summed E-state index contributed by atoms with van der Waals surface area (Å²) in [4.78, 5) is 25.2. The van der Waals surface area contributed by atoms with Gasteiger partial charge in [-0.2, -0.15) is 16.8 Å². The van der Waals surface area contributed by atoms with Crippen molar-refractivity contribution in [3.63, 3.8) is 0 Å². The van der Waals surface area contributed by atoms with Gasteiger partial charge in [-0.05, 0) is 90.0 Å². The number of ether oxygens (including phenoxy) is 1. The molecule has 7 aromatic rings. The van der Waals surface area contributed by atoms with Crippen molar-refractivity contribution in [2.45, 2.75) is 26.5 Å². The summed E-state index contributed by atoms with van der Waals surface area (Å²) in [5.41, 5.74) is -1.87. The van der Waals surface area contributed by atoms with Gasteiger partial charge in [0.2, 0.25) is 0 Å². The van der Waals surface area contributed by atoms with Crippen LogP contribution in [-0.4, -0.2) is 65.6 Å². The molecule has 0 saturated heterocycles. The quantitative estimate of drug-likeness (QED) is 0.0138. The van der Waals surface area contributed by atoms with Crippen molar-refractivity contribution in [2.24, 2.45) is 20.5 Å². The molecule has 0 aromatic heterocycles. The molecular formula is C42H28Cl4N6O17S4. The number of halogens is 4. The molecule has 0 bridgehead atoms. The van der Waals surface area contributed by atoms with Gasteiger partial charge in [0.15, 0.2) is 11.5 Å². The third kappa shape index (κ3) is 12.0. The van der Waals surface area contributed by atoms with E-state index in [0.717, 1.165) is 18.2 Å². The van der Waals surface area contributed by atoms with Gasteiger partial charge in [0.05, 0.1) is 89.3 Å². The number of azo groups is 2. The lowest BCUT2D eigenvalue weighted by Crippen LogP contribution is -2.13. The first kappa shape index (κ1) is 54.8. The Labute approximate surface area is 438 Å². The van der Waals surface area contributed by atoms with Crippen LogP contribution in [0.15, 0.2) is 125 Å². The average Bonchev–Trinajstić information content (AvgIpc) is 3.33. The molecule has 0 heterocycles. The topological polar surface area (TPSA) is 343 Å². The molecule has 7 aromatic carbocycles. The number of fused-ring (bicyclic) bond motifs is 2. The highest BCUT2D eigenvalue weighted by Gasteiger charge is 2.27. The van der Waals surface area contributed by atoms with Crippen LogP contribution in [0, 0.1) is 6.92 Å². The summed E-state index contributed by atoms with van der Waals surface area (Å²) in [6.45, 7) is 1.51. The van der Waals surface area contributed by atoms with Gasteiger partial charge in [-0.1, -0.05) is 68.6 Å². The first-order valence-corrected chi connectivity index (χ1v) is 25.4. The molecule has 8 N–H and O–H groups in total. The number of benzene rings is 7. The molecule has 0 unspecified atom stereocenters. The number of hydrogen-bond acceptors (Lipinski definition) is 21. The maximum Gasteiger partial charge on any atom is 0.296 e. The molecule has 0 aliphatic rings. The Morgan fingerprint density at radius 3 is 1.73 bits per heavy atom. The fourth-order valence-corrected chi connectivity index (χ4v) is 9.75. The number of carbonyl (C=O) groups excluding carboxylic acids is 2. The third-order valence-corrected chi connectivity index (χ3v) is 14.6. The highest BCUT2D eigenvalue weighted by atomic mass is 35.5. The van der Waals surface area contributed by atoms with Crippen molar-refractivity contribution in [3.05, 3.63) is 122 Å². The Morgan fingerprint density at radius 1 is 0.630 bits per heavy atom. The van der Waals surface area contributed by atoms with Gasteiger partial charge in [-0.25, -0.2) is 10.5 Å². The molecule has 73 heavy (non-hydrogen) atoms. The van der Waals surface area contributed by atoms with E-state index in [9.17, 15) is 45.7 Å². The third-order valence-electron chi connectivity index (χ3n) is 10.0.